The summed E-state index contributed by atoms with van der Waals surface area (Å²) in [4.78, 5) is 11.1. The molecular formula is C16H17ClN2O2. The van der Waals surface area contributed by atoms with Crippen LogP contribution >= 0.6 is 11.6 Å². The minimum Gasteiger partial charge on any atom is -0.456 e. The molecule has 0 aliphatic carbocycles. The zero-order chi connectivity index (χ0) is 15.1. The molecule has 2 aromatic carbocycles. The van der Waals surface area contributed by atoms with Crippen molar-refractivity contribution in [2.75, 3.05) is 13.1 Å². The fourth-order valence-electron chi connectivity index (χ4n) is 1.89. The molecule has 0 amide bonds. The number of para-hydroxylation sites is 1. The van der Waals surface area contributed by atoms with Crippen LogP contribution in [0.3, 0.4) is 0 Å². The molecule has 0 aliphatic heterocycles. The van der Waals surface area contributed by atoms with Crippen LogP contribution in [0.4, 0.5) is 0 Å². The second kappa shape index (κ2) is 7.78. The lowest BCUT2D eigenvalue weighted by atomic mass is 10.1. The topological polar surface area (TPSA) is 64.3 Å². The average Bonchev–Trinajstić information content (AvgIpc) is 2.51. The van der Waals surface area contributed by atoms with Crippen LogP contribution in [0.2, 0.25) is 5.02 Å². The van der Waals surface area contributed by atoms with Crippen LogP contribution in [0.15, 0.2) is 48.5 Å². The number of carbonyl (C=O) groups is 1. The number of halogens is 1. The molecule has 5 heteroatoms. The fourth-order valence-corrected chi connectivity index (χ4v) is 2.12. The normalized spacial score (nSPS) is 11.9. The zero-order valence-corrected chi connectivity index (χ0v) is 12.2. The molecule has 0 bridgehead atoms. The van der Waals surface area contributed by atoms with Crippen LogP contribution in [0.5, 0.6) is 11.5 Å². The van der Waals surface area contributed by atoms with Gasteiger partial charge in [-0.25, -0.2) is 0 Å². The molecule has 21 heavy (non-hydrogen) atoms. The lowest BCUT2D eigenvalue weighted by Gasteiger charge is -2.14. The van der Waals surface area contributed by atoms with E-state index in [0.29, 0.717) is 29.6 Å². The highest BCUT2D eigenvalue weighted by Crippen LogP contribution is 2.31. The Labute approximate surface area is 128 Å². The Balaban J connectivity index is 2.15. The molecule has 110 valence electrons. The van der Waals surface area contributed by atoms with Gasteiger partial charge in [-0.15, -0.1) is 0 Å². The SMILES string of the molecule is NCCNC(C=O)c1ccc(Oc2ccccc2)c(Cl)c1. The van der Waals surface area contributed by atoms with Gasteiger partial charge in [0.1, 0.15) is 17.8 Å². The first-order valence-electron chi connectivity index (χ1n) is 6.65. The van der Waals surface area contributed by atoms with Crippen molar-refractivity contribution in [3.63, 3.8) is 0 Å². The molecule has 0 aliphatic rings. The lowest BCUT2D eigenvalue weighted by Crippen LogP contribution is -2.28. The molecule has 1 atom stereocenters. The van der Waals surface area contributed by atoms with E-state index >= 15 is 0 Å². The summed E-state index contributed by atoms with van der Waals surface area (Å²) in [5, 5.41) is 3.50. The molecule has 0 aromatic heterocycles. The number of ether oxygens (including phenoxy) is 1. The third-order valence-corrected chi connectivity index (χ3v) is 3.23. The van der Waals surface area contributed by atoms with E-state index in [2.05, 4.69) is 5.32 Å². The quantitative estimate of drug-likeness (QED) is 0.772. The number of aldehydes is 1. The predicted molar refractivity (Wildman–Crippen MR) is 83.8 cm³/mol. The molecule has 0 saturated heterocycles. The number of hydrogen-bond donors (Lipinski definition) is 2. The fraction of sp³-hybridized carbons (Fsp3) is 0.188. The van der Waals surface area contributed by atoms with Crippen LogP contribution in [-0.2, 0) is 4.79 Å². The molecule has 0 saturated carbocycles. The Kier molecular flexibility index (Phi) is 5.75. The van der Waals surface area contributed by atoms with E-state index < -0.39 is 6.04 Å². The Morgan fingerprint density at radius 3 is 2.62 bits per heavy atom. The summed E-state index contributed by atoms with van der Waals surface area (Å²) < 4.78 is 5.70. The van der Waals surface area contributed by atoms with Gasteiger partial charge in [0, 0.05) is 13.1 Å². The summed E-state index contributed by atoms with van der Waals surface area (Å²) in [6, 6.07) is 14.3. The third kappa shape index (κ3) is 4.29. The maximum Gasteiger partial charge on any atom is 0.146 e. The van der Waals surface area contributed by atoms with Crippen molar-refractivity contribution in [3.05, 3.63) is 59.1 Å². The molecule has 0 fully saturated rings. The summed E-state index contributed by atoms with van der Waals surface area (Å²) in [7, 11) is 0. The van der Waals surface area contributed by atoms with Gasteiger partial charge in [0.05, 0.1) is 11.1 Å². The molecule has 0 heterocycles. The van der Waals surface area contributed by atoms with Crippen molar-refractivity contribution < 1.29 is 9.53 Å². The maximum atomic E-state index is 11.1. The van der Waals surface area contributed by atoms with Gasteiger partial charge in [-0.2, -0.15) is 0 Å². The van der Waals surface area contributed by atoms with Gasteiger partial charge in [-0.1, -0.05) is 35.9 Å². The largest absolute Gasteiger partial charge is 0.456 e. The van der Waals surface area contributed by atoms with E-state index in [9.17, 15) is 4.79 Å². The average molecular weight is 305 g/mol. The highest BCUT2D eigenvalue weighted by molar-refractivity contribution is 6.32. The molecule has 4 nitrogen and oxygen atoms in total. The Bertz CT molecular complexity index is 590. The Morgan fingerprint density at radius 2 is 2.00 bits per heavy atom. The summed E-state index contributed by atoms with van der Waals surface area (Å²) in [5.74, 6) is 1.26. The van der Waals surface area contributed by atoms with Crippen LogP contribution in [0.25, 0.3) is 0 Å². The van der Waals surface area contributed by atoms with Crippen molar-refractivity contribution in [3.8, 4) is 11.5 Å². The third-order valence-electron chi connectivity index (χ3n) is 2.93. The minimum absolute atomic E-state index is 0.420. The maximum absolute atomic E-state index is 11.1. The van der Waals surface area contributed by atoms with Crippen LogP contribution in [0.1, 0.15) is 11.6 Å². The number of benzene rings is 2. The van der Waals surface area contributed by atoms with Gasteiger partial charge >= 0.3 is 0 Å². The highest BCUT2D eigenvalue weighted by Gasteiger charge is 2.12. The van der Waals surface area contributed by atoms with Crippen LogP contribution < -0.4 is 15.8 Å². The van der Waals surface area contributed by atoms with Gasteiger partial charge < -0.3 is 20.6 Å². The number of carbonyl (C=O) groups excluding carboxylic acids is 1. The summed E-state index contributed by atoms with van der Waals surface area (Å²) in [6.07, 6.45) is 0.832. The number of rotatable bonds is 7. The number of nitrogens with two attached hydrogens (primary N) is 1. The molecule has 3 N–H and O–H groups in total. The summed E-state index contributed by atoms with van der Waals surface area (Å²) in [6.45, 7) is 1.02. The van der Waals surface area contributed by atoms with Gasteiger partial charge in [0.25, 0.3) is 0 Å². The van der Waals surface area contributed by atoms with Crippen molar-refractivity contribution in [2.24, 2.45) is 5.73 Å². The number of nitrogens with one attached hydrogen (secondary N) is 1. The van der Waals surface area contributed by atoms with E-state index in [4.69, 9.17) is 22.1 Å². The molecule has 1 unspecified atom stereocenters. The first-order valence-corrected chi connectivity index (χ1v) is 7.03. The lowest BCUT2D eigenvalue weighted by molar-refractivity contribution is -0.109. The molecule has 0 spiro atoms. The van der Waals surface area contributed by atoms with Crippen molar-refractivity contribution in [2.45, 2.75) is 6.04 Å². The van der Waals surface area contributed by atoms with E-state index in [1.54, 1.807) is 12.1 Å². The van der Waals surface area contributed by atoms with Crippen molar-refractivity contribution in [1.82, 2.24) is 5.32 Å². The van der Waals surface area contributed by atoms with Crippen molar-refractivity contribution >= 4 is 17.9 Å². The molecule has 2 aromatic rings. The first kappa shape index (κ1) is 15.5. The second-order valence-corrected chi connectivity index (χ2v) is 4.87. The highest BCUT2D eigenvalue weighted by atomic mass is 35.5. The summed E-state index contributed by atoms with van der Waals surface area (Å²) >= 11 is 6.22. The van der Waals surface area contributed by atoms with Crippen LogP contribution in [-0.4, -0.2) is 19.4 Å². The first-order chi connectivity index (χ1) is 10.2. The second-order valence-electron chi connectivity index (χ2n) is 4.46. The van der Waals surface area contributed by atoms with E-state index in [1.807, 2.05) is 36.4 Å². The van der Waals surface area contributed by atoms with E-state index in [0.717, 1.165) is 11.8 Å². The van der Waals surface area contributed by atoms with Gasteiger partial charge in [0.15, 0.2) is 0 Å². The minimum atomic E-state index is -0.420. The Hall–Kier alpha value is -1.88. The summed E-state index contributed by atoms with van der Waals surface area (Å²) in [5.41, 5.74) is 6.21. The van der Waals surface area contributed by atoms with E-state index in [-0.39, 0.29) is 0 Å². The Morgan fingerprint density at radius 1 is 1.24 bits per heavy atom. The van der Waals surface area contributed by atoms with Crippen LogP contribution in [0, 0.1) is 0 Å². The zero-order valence-electron chi connectivity index (χ0n) is 11.5. The van der Waals surface area contributed by atoms with Gasteiger partial charge in [0.2, 0.25) is 0 Å². The molecule has 0 radical (unpaired) electrons. The van der Waals surface area contributed by atoms with E-state index in [1.165, 1.54) is 0 Å². The molecular weight excluding hydrogens is 288 g/mol. The van der Waals surface area contributed by atoms with Crippen molar-refractivity contribution in [1.29, 1.82) is 0 Å². The number of hydrogen-bond acceptors (Lipinski definition) is 4. The van der Waals surface area contributed by atoms with Gasteiger partial charge in [-0.05, 0) is 29.8 Å². The monoisotopic (exact) mass is 304 g/mol. The smallest absolute Gasteiger partial charge is 0.146 e. The molecule has 2 rings (SSSR count). The predicted octanol–water partition coefficient (Wildman–Crippen LogP) is 2.92. The standard InChI is InChI=1S/C16H17ClN2O2/c17-14-10-12(15(11-20)19-9-8-18)6-7-16(14)21-13-4-2-1-3-5-13/h1-7,10-11,15,19H,8-9,18H2. The van der Waals surface area contributed by atoms with Gasteiger partial charge in [-0.3, -0.25) is 0 Å².